The highest BCUT2D eigenvalue weighted by atomic mass is 16.1. The van der Waals surface area contributed by atoms with Gasteiger partial charge in [-0.25, -0.2) is 0 Å². The van der Waals surface area contributed by atoms with Crippen molar-refractivity contribution in [2.45, 2.75) is 13.3 Å². The lowest BCUT2D eigenvalue weighted by Crippen LogP contribution is -2.11. The smallest absolute Gasteiger partial charge is 0.255 e. The molecule has 0 radical (unpaired) electrons. The number of fused-ring (bicyclic) bond motifs is 1. The Labute approximate surface area is 133 Å². The third kappa shape index (κ3) is 3.08. The van der Waals surface area contributed by atoms with E-state index in [1.807, 2.05) is 19.1 Å². The number of anilines is 2. The van der Waals surface area contributed by atoms with Crippen LogP contribution in [0.15, 0.2) is 48.5 Å². The number of H-pyrrole nitrogens is 1. The van der Waals surface area contributed by atoms with Crippen molar-refractivity contribution in [3.63, 3.8) is 0 Å². The maximum atomic E-state index is 12.2. The Bertz CT molecular complexity index is 879. The van der Waals surface area contributed by atoms with E-state index >= 15 is 0 Å². The van der Waals surface area contributed by atoms with Crippen LogP contribution in [0.3, 0.4) is 0 Å². The molecule has 0 aliphatic rings. The van der Waals surface area contributed by atoms with Crippen LogP contribution < -0.4 is 11.1 Å². The molecule has 0 bridgehead atoms. The second-order valence-electron chi connectivity index (χ2n) is 5.34. The molecule has 1 amide bonds. The number of aromatic amines is 1. The average molecular weight is 307 g/mol. The highest BCUT2D eigenvalue weighted by molar-refractivity contribution is 6.06. The van der Waals surface area contributed by atoms with Crippen molar-refractivity contribution in [3.8, 4) is 0 Å². The van der Waals surface area contributed by atoms with E-state index in [0.717, 1.165) is 10.9 Å². The molecule has 2 aromatic carbocycles. The predicted molar refractivity (Wildman–Crippen MR) is 91.7 cm³/mol. The maximum Gasteiger partial charge on any atom is 0.255 e. The number of aromatic nitrogens is 1. The van der Waals surface area contributed by atoms with Gasteiger partial charge in [-0.05, 0) is 48.5 Å². The Morgan fingerprint density at radius 1 is 1.09 bits per heavy atom. The zero-order chi connectivity index (χ0) is 16.4. The Morgan fingerprint density at radius 3 is 2.52 bits per heavy atom. The number of benzene rings is 2. The van der Waals surface area contributed by atoms with Crippen LogP contribution in [-0.4, -0.2) is 16.7 Å². The molecule has 0 fully saturated rings. The highest BCUT2D eigenvalue weighted by Crippen LogP contribution is 2.21. The molecule has 0 unspecified atom stereocenters. The molecule has 0 atom stereocenters. The number of carbonyl (C=O) groups is 2. The summed E-state index contributed by atoms with van der Waals surface area (Å²) in [6, 6.07) is 14.0. The zero-order valence-electron chi connectivity index (χ0n) is 12.7. The lowest BCUT2D eigenvalue weighted by Gasteiger charge is -2.05. The fraction of sp³-hybridized carbons (Fsp3) is 0.111. The van der Waals surface area contributed by atoms with E-state index < -0.39 is 0 Å². The zero-order valence-corrected chi connectivity index (χ0v) is 12.7. The first-order chi connectivity index (χ1) is 11.1. The first-order valence-electron chi connectivity index (χ1n) is 7.39. The second-order valence-corrected chi connectivity index (χ2v) is 5.34. The van der Waals surface area contributed by atoms with E-state index in [1.165, 1.54) is 0 Å². The third-order valence-corrected chi connectivity index (χ3v) is 3.67. The predicted octanol–water partition coefficient (Wildman–Crippen LogP) is 3.60. The molecule has 0 saturated heterocycles. The minimum absolute atomic E-state index is 0.0636. The van der Waals surface area contributed by atoms with Crippen LogP contribution in [0.25, 0.3) is 10.9 Å². The number of hydrogen-bond acceptors (Lipinski definition) is 3. The summed E-state index contributed by atoms with van der Waals surface area (Å²) in [5, 5.41) is 3.73. The number of nitrogens with one attached hydrogen (secondary N) is 2. The fourth-order valence-corrected chi connectivity index (χ4v) is 2.39. The number of Topliss-reactive ketones (excluding diaryl/α,β-unsaturated/α-hetero) is 1. The summed E-state index contributed by atoms with van der Waals surface area (Å²) in [4.78, 5) is 27.0. The van der Waals surface area contributed by atoms with Gasteiger partial charge in [-0.15, -0.1) is 0 Å². The van der Waals surface area contributed by atoms with Gasteiger partial charge in [-0.1, -0.05) is 6.92 Å². The number of rotatable bonds is 4. The van der Waals surface area contributed by atoms with E-state index in [0.29, 0.717) is 29.1 Å². The van der Waals surface area contributed by atoms with Crippen LogP contribution in [0.5, 0.6) is 0 Å². The van der Waals surface area contributed by atoms with Crippen molar-refractivity contribution in [1.29, 1.82) is 0 Å². The molecule has 4 N–H and O–H groups in total. The minimum Gasteiger partial charge on any atom is -0.399 e. The fourth-order valence-electron chi connectivity index (χ4n) is 2.39. The Hall–Kier alpha value is -3.08. The quantitative estimate of drug-likeness (QED) is 0.508. The lowest BCUT2D eigenvalue weighted by molar-refractivity contribution is 0.0982. The van der Waals surface area contributed by atoms with E-state index in [1.54, 1.807) is 36.4 Å². The van der Waals surface area contributed by atoms with Gasteiger partial charge in [0.15, 0.2) is 5.78 Å². The van der Waals surface area contributed by atoms with Crippen LogP contribution >= 0.6 is 0 Å². The van der Waals surface area contributed by atoms with Gasteiger partial charge in [-0.3, -0.25) is 9.59 Å². The Kier molecular flexibility index (Phi) is 3.85. The largest absolute Gasteiger partial charge is 0.399 e. The van der Waals surface area contributed by atoms with Gasteiger partial charge in [0.1, 0.15) is 0 Å². The van der Waals surface area contributed by atoms with Crippen molar-refractivity contribution in [3.05, 3.63) is 59.8 Å². The molecule has 1 heterocycles. The molecular formula is C18H17N3O2. The normalized spacial score (nSPS) is 10.7. The molecule has 0 aliphatic heterocycles. The van der Waals surface area contributed by atoms with Crippen molar-refractivity contribution in [1.82, 2.24) is 4.98 Å². The maximum absolute atomic E-state index is 12.2. The highest BCUT2D eigenvalue weighted by Gasteiger charge is 2.10. The van der Waals surface area contributed by atoms with Gasteiger partial charge in [0.25, 0.3) is 5.91 Å². The minimum atomic E-state index is -0.204. The summed E-state index contributed by atoms with van der Waals surface area (Å²) >= 11 is 0. The molecule has 0 aliphatic carbocycles. The van der Waals surface area contributed by atoms with Crippen LogP contribution in [0.4, 0.5) is 11.4 Å². The van der Waals surface area contributed by atoms with Gasteiger partial charge in [0.05, 0.1) is 5.69 Å². The SMILES string of the molecule is CCC(=O)c1cc2cc(NC(=O)c3ccc(N)cc3)ccc2[nH]1. The van der Waals surface area contributed by atoms with Crippen LogP contribution in [-0.2, 0) is 0 Å². The Balaban J connectivity index is 1.84. The van der Waals surface area contributed by atoms with Gasteiger partial charge in [0.2, 0.25) is 0 Å². The molecule has 23 heavy (non-hydrogen) atoms. The molecular weight excluding hydrogens is 290 g/mol. The molecule has 0 spiro atoms. The van der Waals surface area contributed by atoms with Gasteiger partial charge >= 0.3 is 0 Å². The van der Waals surface area contributed by atoms with Gasteiger partial charge in [0, 0.05) is 34.3 Å². The Morgan fingerprint density at radius 2 is 1.83 bits per heavy atom. The standard InChI is InChI=1S/C18H17N3O2/c1-2-17(22)16-10-12-9-14(7-8-15(12)21-16)20-18(23)11-3-5-13(19)6-4-11/h3-10,21H,2,19H2,1H3,(H,20,23). The van der Waals surface area contributed by atoms with Crippen molar-refractivity contribution < 1.29 is 9.59 Å². The summed E-state index contributed by atoms with van der Waals surface area (Å²) in [6.45, 7) is 1.83. The van der Waals surface area contributed by atoms with Gasteiger partial charge in [-0.2, -0.15) is 0 Å². The molecule has 3 aromatic rings. The summed E-state index contributed by atoms with van der Waals surface area (Å²) in [7, 11) is 0. The first kappa shape index (κ1) is 14.8. The van der Waals surface area contributed by atoms with E-state index in [4.69, 9.17) is 5.73 Å². The van der Waals surface area contributed by atoms with E-state index in [9.17, 15) is 9.59 Å². The number of nitrogen functional groups attached to an aromatic ring is 1. The number of ketones is 1. The molecule has 5 heteroatoms. The van der Waals surface area contributed by atoms with Crippen LogP contribution in [0, 0.1) is 0 Å². The monoisotopic (exact) mass is 307 g/mol. The molecule has 5 nitrogen and oxygen atoms in total. The number of carbonyl (C=O) groups excluding carboxylic acids is 2. The van der Waals surface area contributed by atoms with Gasteiger partial charge < -0.3 is 16.0 Å². The summed E-state index contributed by atoms with van der Waals surface area (Å²) < 4.78 is 0. The second kappa shape index (κ2) is 5.96. The number of nitrogens with two attached hydrogens (primary N) is 1. The van der Waals surface area contributed by atoms with E-state index in [-0.39, 0.29) is 11.7 Å². The molecule has 3 rings (SSSR count). The molecule has 116 valence electrons. The lowest BCUT2D eigenvalue weighted by atomic mass is 10.1. The summed E-state index contributed by atoms with van der Waals surface area (Å²) in [5.41, 5.74) is 8.90. The molecule has 0 saturated carbocycles. The van der Waals surface area contributed by atoms with Crippen molar-refractivity contribution in [2.24, 2.45) is 0 Å². The average Bonchev–Trinajstić information content (AvgIpc) is 2.98. The van der Waals surface area contributed by atoms with Crippen LogP contribution in [0.2, 0.25) is 0 Å². The van der Waals surface area contributed by atoms with Crippen LogP contribution in [0.1, 0.15) is 34.2 Å². The topological polar surface area (TPSA) is 88.0 Å². The van der Waals surface area contributed by atoms with Crippen molar-refractivity contribution in [2.75, 3.05) is 11.1 Å². The van der Waals surface area contributed by atoms with E-state index in [2.05, 4.69) is 10.3 Å². The number of amides is 1. The third-order valence-electron chi connectivity index (χ3n) is 3.67. The molecule has 1 aromatic heterocycles. The van der Waals surface area contributed by atoms with Crippen molar-refractivity contribution >= 4 is 34.0 Å². The first-order valence-corrected chi connectivity index (χ1v) is 7.39. The number of hydrogen-bond donors (Lipinski definition) is 3. The summed E-state index contributed by atoms with van der Waals surface area (Å²) in [5.74, 6) is -0.140. The summed E-state index contributed by atoms with van der Waals surface area (Å²) in [6.07, 6.45) is 0.452.